The lowest BCUT2D eigenvalue weighted by atomic mass is 9.93. The first kappa shape index (κ1) is 17.9. The minimum atomic E-state index is -0.966. The third-order valence-corrected chi connectivity index (χ3v) is 5.09. The highest BCUT2D eigenvalue weighted by molar-refractivity contribution is 7.09. The zero-order chi connectivity index (χ0) is 16.5. The number of hydrogen-bond acceptors (Lipinski definition) is 4. The number of amides is 1. The van der Waals surface area contributed by atoms with Crippen molar-refractivity contribution in [3.8, 4) is 0 Å². The normalized spacial score (nSPS) is 19.2. The summed E-state index contributed by atoms with van der Waals surface area (Å²) in [5, 5.41) is 14.1. The fourth-order valence-electron chi connectivity index (χ4n) is 2.87. The average molecular weight is 339 g/mol. The predicted molar refractivity (Wildman–Crippen MR) is 89.6 cm³/mol. The second-order valence-electron chi connectivity index (χ2n) is 6.00. The van der Waals surface area contributed by atoms with Crippen molar-refractivity contribution in [3.05, 3.63) is 22.4 Å². The molecule has 0 spiro atoms. The number of unbranched alkanes of at least 4 members (excludes halogenated alkanes) is 2. The molecule has 0 aromatic carbocycles. The number of carbonyl (C=O) groups excluding carboxylic acids is 1. The lowest BCUT2D eigenvalue weighted by Crippen LogP contribution is -2.48. The van der Waals surface area contributed by atoms with Crippen molar-refractivity contribution in [2.75, 3.05) is 13.2 Å². The van der Waals surface area contributed by atoms with Crippen molar-refractivity contribution < 1.29 is 19.4 Å². The van der Waals surface area contributed by atoms with Crippen LogP contribution in [-0.4, -0.2) is 36.2 Å². The highest BCUT2D eigenvalue weighted by Crippen LogP contribution is 2.18. The maximum Gasteiger partial charge on any atom is 0.326 e. The quantitative estimate of drug-likeness (QED) is 0.678. The molecule has 1 aromatic rings. The molecule has 2 unspecified atom stereocenters. The SMILES string of the molecule is O=C(CCCCCc1cccs1)NC(C(=O)O)C1CCCOC1. The van der Waals surface area contributed by atoms with E-state index in [2.05, 4.69) is 22.8 Å². The van der Waals surface area contributed by atoms with E-state index in [-0.39, 0.29) is 11.8 Å². The summed E-state index contributed by atoms with van der Waals surface area (Å²) in [6.07, 6.45) is 5.93. The van der Waals surface area contributed by atoms with E-state index < -0.39 is 12.0 Å². The van der Waals surface area contributed by atoms with E-state index in [4.69, 9.17) is 4.74 Å². The summed E-state index contributed by atoms with van der Waals surface area (Å²) >= 11 is 1.76. The monoisotopic (exact) mass is 339 g/mol. The van der Waals surface area contributed by atoms with Crippen LogP contribution in [0.4, 0.5) is 0 Å². The van der Waals surface area contributed by atoms with E-state index in [9.17, 15) is 14.7 Å². The number of aliphatic carboxylic acids is 1. The van der Waals surface area contributed by atoms with Gasteiger partial charge in [0.15, 0.2) is 0 Å². The van der Waals surface area contributed by atoms with Gasteiger partial charge in [-0.05, 0) is 43.6 Å². The summed E-state index contributed by atoms with van der Waals surface area (Å²) in [4.78, 5) is 24.7. The van der Waals surface area contributed by atoms with Gasteiger partial charge < -0.3 is 15.2 Å². The van der Waals surface area contributed by atoms with Crippen molar-refractivity contribution in [2.24, 2.45) is 5.92 Å². The standard InChI is InChI=1S/C17H25NO4S/c19-15(9-3-1-2-7-14-8-5-11-23-14)18-16(17(20)21)13-6-4-10-22-12-13/h5,8,11,13,16H,1-4,6-7,9-10,12H2,(H,18,19)(H,20,21). The van der Waals surface area contributed by atoms with Crippen molar-refractivity contribution in [2.45, 2.75) is 51.0 Å². The molecule has 1 fully saturated rings. The Kier molecular flexibility index (Phi) is 7.55. The van der Waals surface area contributed by atoms with Crippen LogP contribution >= 0.6 is 11.3 Å². The van der Waals surface area contributed by atoms with Gasteiger partial charge in [0.05, 0.1) is 6.61 Å². The van der Waals surface area contributed by atoms with Crippen molar-refractivity contribution in [1.29, 1.82) is 0 Å². The first-order valence-electron chi connectivity index (χ1n) is 8.29. The number of carboxylic acid groups (broad SMARTS) is 1. The van der Waals surface area contributed by atoms with Gasteiger partial charge in [-0.25, -0.2) is 4.79 Å². The topological polar surface area (TPSA) is 75.6 Å². The Morgan fingerprint density at radius 3 is 2.91 bits per heavy atom. The van der Waals surface area contributed by atoms with E-state index in [0.29, 0.717) is 19.6 Å². The number of carboxylic acids is 1. The van der Waals surface area contributed by atoms with Crippen LogP contribution in [-0.2, 0) is 20.7 Å². The molecule has 128 valence electrons. The van der Waals surface area contributed by atoms with Gasteiger partial charge >= 0.3 is 5.97 Å². The third kappa shape index (κ3) is 6.31. The van der Waals surface area contributed by atoms with Gasteiger partial charge in [-0.3, -0.25) is 4.79 Å². The Labute approximate surface area is 141 Å². The molecule has 6 heteroatoms. The van der Waals surface area contributed by atoms with Crippen LogP contribution < -0.4 is 5.32 Å². The molecule has 2 heterocycles. The third-order valence-electron chi connectivity index (χ3n) is 4.16. The van der Waals surface area contributed by atoms with E-state index in [0.717, 1.165) is 38.5 Å². The number of aryl methyl sites for hydroxylation is 1. The van der Waals surface area contributed by atoms with Gasteiger partial charge in [-0.2, -0.15) is 0 Å². The molecule has 1 saturated heterocycles. The van der Waals surface area contributed by atoms with Gasteiger partial charge in [-0.1, -0.05) is 12.5 Å². The van der Waals surface area contributed by atoms with Crippen molar-refractivity contribution >= 4 is 23.2 Å². The number of hydrogen-bond donors (Lipinski definition) is 2. The molecule has 2 N–H and O–H groups in total. The number of rotatable bonds is 9. The van der Waals surface area contributed by atoms with Gasteiger partial charge in [0.25, 0.3) is 0 Å². The van der Waals surface area contributed by atoms with E-state index in [1.165, 1.54) is 4.88 Å². The molecule has 0 aliphatic carbocycles. The van der Waals surface area contributed by atoms with Crippen molar-refractivity contribution in [1.82, 2.24) is 5.32 Å². The summed E-state index contributed by atoms with van der Waals surface area (Å²) in [6.45, 7) is 1.10. The Hall–Kier alpha value is -1.40. The summed E-state index contributed by atoms with van der Waals surface area (Å²) in [5.41, 5.74) is 0. The summed E-state index contributed by atoms with van der Waals surface area (Å²) < 4.78 is 5.33. The second-order valence-corrected chi connectivity index (χ2v) is 7.03. The molecule has 0 radical (unpaired) electrons. The van der Waals surface area contributed by atoms with E-state index in [1.54, 1.807) is 11.3 Å². The van der Waals surface area contributed by atoms with Crippen LogP contribution in [0.25, 0.3) is 0 Å². The largest absolute Gasteiger partial charge is 0.480 e. The molecule has 1 aromatic heterocycles. The van der Waals surface area contributed by atoms with Gasteiger partial charge in [0, 0.05) is 23.8 Å². The van der Waals surface area contributed by atoms with Crippen LogP contribution in [0, 0.1) is 5.92 Å². The molecule has 1 aliphatic rings. The van der Waals surface area contributed by atoms with E-state index in [1.807, 2.05) is 0 Å². The summed E-state index contributed by atoms with van der Waals surface area (Å²) in [5.74, 6) is -1.25. The minimum Gasteiger partial charge on any atom is -0.480 e. The number of carbonyl (C=O) groups is 2. The maximum absolute atomic E-state index is 12.0. The smallest absolute Gasteiger partial charge is 0.326 e. The highest BCUT2D eigenvalue weighted by Gasteiger charge is 2.31. The molecular formula is C17H25NO4S. The number of nitrogens with one attached hydrogen (secondary N) is 1. The molecule has 0 saturated carbocycles. The lowest BCUT2D eigenvalue weighted by Gasteiger charge is -2.28. The Bertz CT molecular complexity index is 483. The Morgan fingerprint density at radius 1 is 1.39 bits per heavy atom. The Balaban J connectivity index is 1.64. The highest BCUT2D eigenvalue weighted by atomic mass is 32.1. The summed E-state index contributed by atoms with van der Waals surface area (Å²) in [7, 11) is 0. The van der Waals surface area contributed by atoms with Crippen LogP contribution in [0.15, 0.2) is 17.5 Å². The average Bonchev–Trinajstić information content (AvgIpc) is 3.06. The first-order valence-corrected chi connectivity index (χ1v) is 9.17. The predicted octanol–water partition coefficient (Wildman–Crippen LogP) is 2.85. The molecule has 1 aliphatic heterocycles. The van der Waals surface area contributed by atoms with Crippen LogP contribution in [0.1, 0.15) is 43.4 Å². The maximum atomic E-state index is 12.0. The molecule has 2 atom stereocenters. The van der Waals surface area contributed by atoms with E-state index >= 15 is 0 Å². The molecule has 0 bridgehead atoms. The first-order chi connectivity index (χ1) is 11.2. The summed E-state index contributed by atoms with van der Waals surface area (Å²) in [6, 6.07) is 3.35. The minimum absolute atomic E-state index is 0.121. The molecule has 23 heavy (non-hydrogen) atoms. The zero-order valence-corrected chi connectivity index (χ0v) is 14.1. The number of thiophene rings is 1. The van der Waals surface area contributed by atoms with Crippen LogP contribution in [0.3, 0.4) is 0 Å². The van der Waals surface area contributed by atoms with Crippen molar-refractivity contribution in [3.63, 3.8) is 0 Å². The second kappa shape index (κ2) is 9.67. The van der Waals surface area contributed by atoms with Crippen LogP contribution in [0.5, 0.6) is 0 Å². The molecule has 5 nitrogen and oxygen atoms in total. The molecule has 1 amide bonds. The number of ether oxygens (including phenoxy) is 1. The fraction of sp³-hybridized carbons (Fsp3) is 0.647. The molecule has 2 rings (SSSR count). The van der Waals surface area contributed by atoms with Crippen LogP contribution in [0.2, 0.25) is 0 Å². The Morgan fingerprint density at radius 2 is 2.26 bits per heavy atom. The zero-order valence-electron chi connectivity index (χ0n) is 13.3. The van der Waals surface area contributed by atoms with Gasteiger partial charge in [-0.15, -0.1) is 11.3 Å². The fourth-order valence-corrected chi connectivity index (χ4v) is 3.62. The van der Waals surface area contributed by atoms with Gasteiger partial charge in [0.2, 0.25) is 5.91 Å². The van der Waals surface area contributed by atoms with Gasteiger partial charge in [0.1, 0.15) is 6.04 Å². The molecular weight excluding hydrogens is 314 g/mol. The lowest BCUT2D eigenvalue weighted by molar-refractivity contribution is -0.145.